The topological polar surface area (TPSA) is 78.1 Å². The number of rotatable bonds is 5. The van der Waals surface area contributed by atoms with Gasteiger partial charge in [0.15, 0.2) is 0 Å². The number of hydrogen-bond acceptors (Lipinski definition) is 4. The van der Waals surface area contributed by atoms with Gasteiger partial charge in [-0.25, -0.2) is 5.10 Å². The van der Waals surface area contributed by atoms with Crippen LogP contribution < -0.4 is 10.9 Å². The molecular weight excluding hydrogens is 268 g/mol. The van der Waals surface area contributed by atoms with Crippen LogP contribution in [0.25, 0.3) is 0 Å². The van der Waals surface area contributed by atoms with Gasteiger partial charge >= 0.3 is 0 Å². The number of aromatic amines is 1. The van der Waals surface area contributed by atoms with E-state index in [4.69, 9.17) is 0 Å². The summed E-state index contributed by atoms with van der Waals surface area (Å²) in [4.78, 5) is 25.2. The van der Waals surface area contributed by atoms with E-state index >= 15 is 0 Å². The predicted molar refractivity (Wildman–Crippen MR) is 81.2 cm³/mol. The highest BCUT2D eigenvalue weighted by Crippen LogP contribution is 2.28. The predicted octanol–water partition coefficient (Wildman–Crippen LogP) is 1.01. The van der Waals surface area contributed by atoms with Gasteiger partial charge in [-0.15, -0.1) is 0 Å². The Labute approximate surface area is 124 Å². The van der Waals surface area contributed by atoms with Crippen LogP contribution in [0, 0.1) is 5.92 Å². The number of nitrogens with one attached hydrogen (secondary N) is 2. The summed E-state index contributed by atoms with van der Waals surface area (Å²) < 4.78 is 0. The summed E-state index contributed by atoms with van der Waals surface area (Å²) in [5.74, 6) is 0.395. The largest absolute Gasteiger partial charge is 0.349 e. The molecule has 2 rings (SSSR count). The van der Waals surface area contributed by atoms with Crippen LogP contribution in [0.4, 0.5) is 0 Å². The van der Waals surface area contributed by atoms with Crippen LogP contribution in [0.2, 0.25) is 0 Å². The van der Waals surface area contributed by atoms with E-state index in [-0.39, 0.29) is 17.2 Å². The third kappa shape index (κ3) is 4.39. The first-order valence-corrected chi connectivity index (χ1v) is 7.58. The minimum absolute atomic E-state index is 0.242. The summed E-state index contributed by atoms with van der Waals surface area (Å²) in [5.41, 5.74) is -0.0596. The monoisotopic (exact) mass is 292 g/mol. The van der Waals surface area contributed by atoms with Crippen LogP contribution in [0.5, 0.6) is 0 Å². The molecule has 21 heavy (non-hydrogen) atoms. The van der Waals surface area contributed by atoms with E-state index in [1.54, 1.807) is 0 Å². The van der Waals surface area contributed by atoms with Gasteiger partial charge in [-0.05, 0) is 38.9 Å². The summed E-state index contributed by atoms with van der Waals surface area (Å²) in [7, 11) is 4.12. The molecule has 1 atom stereocenters. The van der Waals surface area contributed by atoms with Crippen molar-refractivity contribution >= 4 is 5.91 Å². The van der Waals surface area contributed by atoms with Gasteiger partial charge in [0.05, 0.1) is 0 Å². The van der Waals surface area contributed by atoms with E-state index in [9.17, 15) is 9.59 Å². The van der Waals surface area contributed by atoms with Crippen molar-refractivity contribution in [3.8, 4) is 0 Å². The average molecular weight is 292 g/mol. The van der Waals surface area contributed by atoms with Gasteiger partial charge in [0, 0.05) is 18.7 Å². The molecule has 2 N–H and O–H groups in total. The van der Waals surface area contributed by atoms with Gasteiger partial charge in [-0.3, -0.25) is 9.59 Å². The smallest absolute Gasteiger partial charge is 0.271 e. The van der Waals surface area contributed by atoms with E-state index in [0.717, 1.165) is 0 Å². The molecule has 0 aliphatic heterocycles. The molecule has 0 spiro atoms. The number of hydrogen-bond donors (Lipinski definition) is 2. The first-order chi connectivity index (χ1) is 10.1. The summed E-state index contributed by atoms with van der Waals surface area (Å²) in [6.45, 7) is 0.608. The number of aromatic nitrogens is 2. The molecule has 116 valence electrons. The van der Waals surface area contributed by atoms with Crippen molar-refractivity contribution in [1.29, 1.82) is 0 Å². The second kappa shape index (κ2) is 7.36. The molecule has 1 aromatic rings. The van der Waals surface area contributed by atoms with Crippen LogP contribution in [-0.2, 0) is 0 Å². The highest BCUT2D eigenvalue weighted by molar-refractivity contribution is 5.91. The Morgan fingerprint density at radius 2 is 2.10 bits per heavy atom. The molecule has 0 bridgehead atoms. The molecule has 1 aromatic heterocycles. The highest BCUT2D eigenvalue weighted by Gasteiger charge is 2.25. The molecule has 1 amide bonds. The Morgan fingerprint density at radius 1 is 1.38 bits per heavy atom. The lowest BCUT2D eigenvalue weighted by Gasteiger charge is -2.34. The maximum absolute atomic E-state index is 12.1. The molecule has 1 aliphatic rings. The first-order valence-electron chi connectivity index (χ1n) is 7.58. The lowest BCUT2D eigenvalue weighted by atomic mass is 9.83. The molecule has 6 heteroatoms. The molecular formula is C15H24N4O2. The zero-order valence-electron chi connectivity index (χ0n) is 12.8. The lowest BCUT2D eigenvalue weighted by molar-refractivity contribution is 0.0916. The van der Waals surface area contributed by atoms with Gasteiger partial charge in [0.25, 0.3) is 11.5 Å². The van der Waals surface area contributed by atoms with Gasteiger partial charge in [0.2, 0.25) is 0 Å². The van der Waals surface area contributed by atoms with E-state index in [2.05, 4.69) is 34.5 Å². The summed E-state index contributed by atoms with van der Waals surface area (Å²) in [6.07, 6.45) is 6.35. The molecule has 6 nitrogen and oxygen atoms in total. The Morgan fingerprint density at radius 3 is 2.67 bits per heavy atom. The van der Waals surface area contributed by atoms with Crippen LogP contribution in [-0.4, -0.2) is 47.7 Å². The van der Waals surface area contributed by atoms with E-state index in [1.807, 2.05) is 0 Å². The van der Waals surface area contributed by atoms with Gasteiger partial charge in [-0.1, -0.05) is 19.3 Å². The third-order valence-corrected chi connectivity index (χ3v) is 4.24. The molecule has 0 saturated heterocycles. The Balaban J connectivity index is 1.93. The molecule has 1 fully saturated rings. The number of H-pyrrole nitrogens is 1. The third-order valence-electron chi connectivity index (χ3n) is 4.24. The minimum atomic E-state index is -0.306. The molecule has 1 saturated carbocycles. The Kier molecular flexibility index (Phi) is 5.50. The zero-order chi connectivity index (χ0) is 15.2. The summed E-state index contributed by atoms with van der Waals surface area (Å²) in [5, 5.41) is 8.96. The van der Waals surface area contributed by atoms with Crippen molar-refractivity contribution in [1.82, 2.24) is 20.4 Å². The average Bonchev–Trinajstić information content (AvgIpc) is 2.48. The maximum atomic E-state index is 12.1. The summed E-state index contributed by atoms with van der Waals surface area (Å²) >= 11 is 0. The molecule has 0 radical (unpaired) electrons. The van der Waals surface area contributed by atoms with Crippen molar-refractivity contribution in [2.45, 2.75) is 38.1 Å². The summed E-state index contributed by atoms with van der Waals surface area (Å²) in [6, 6.07) is 3.10. The highest BCUT2D eigenvalue weighted by atomic mass is 16.2. The number of carbonyl (C=O) groups is 1. The molecule has 1 aliphatic carbocycles. The van der Waals surface area contributed by atoms with Crippen molar-refractivity contribution in [2.75, 3.05) is 20.6 Å². The van der Waals surface area contributed by atoms with Crippen molar-refractivity contribution in [2.24, 2.45) is 5.92 Å². The first kappa shape index (κ1) is 15.7. The standard InChI is InChI=1S/C15H24N4O2/c1-19(2)13(11-6-4-3-5-7-11)10-16-15(21)12-8-9-14(20)18-17-12/h8-9,11,13H,3-7,10H2,1-2H3,(H,16,21)(H,18,20)/t13-/m0/s1. The Bertz CT molecular complexity index is 500. The number of likely N-dealkylation sites (N-methyl/N-ethyl adjacent to an activating group) is 1. The van der Waals surface area contributed by atoms with E-state index in [0.29, 0.717) is 18.5 Å². The second-order valence-corrected chi connectivity index (χ2v) is 5.95. The van der Waals surface area contributed by atoms with Crippen LogP contribution in [0.15, 0.2) is 16.9 Å². The fourth-order valence-corrected chi connectivity index (χ4v) is 3.05. The van der Waals surface area contributed by atoms with Crippen molar-refractivity contribution < 1.29 is 4.79 Å². The fraction of sp³-hybridized carbons (Fsp3) is 0.667. The Hall–Kier alpha value is -1.69. The molecule has 0 aromatic carbocycles. The van der Waals surface area contributed by atoms with Crippen LogP contribution in [0.1, 0.15) is 42.6 Å². The van der Waals surface area contributed by atoms with E-state index < -0.39 is 0 Å². The lowest BCUT2D eigenvalue weighted by Crippen LogP contribution is -2.45. The second-order valence-electron chi connectivity index (χ2n) is 5.95. The fourth-order valence-electron chi connectivity index (χ4n) is 3.05. The number of carbonyl (C=O) groups excluding carboxylic acids is 1. The van der Waals surface area contributed by atoms with Crippen molar-refractivity contribution in [3.05, 3.63) is 28.2 Å². The van der Waals surface area contributed by atoms with Crippen LogP contribution in [0.3, 0.4) is 0 Å². The van der Waals surface area contributed by atoms with Crippen LogP contribution >= 0.6 is 0 Å². The normalized spacial score (nSPS) is 17.7. The maximum Gasteiger partial charge on any atom is 0.271 e. The van der Waals surface area contributed by atoms with Gasteiger partial charge in [-0.2, -0.15) is 5.10 Å². The number of amides is 1. The zero-order valence-corrected chi connectivity index (χ0v) is 12.8. The minimum Gasteiger partial charge on any atom is -0.349 e. The van der Waals surface area contributed by atoms with Gasteiger partial charge in [0.1, 0.15) is 5.69 Å². The SMILES string of the molecule is CN(C)[C@@H](CNC(=O)c1ccc(=O)[nH]n1)C1CCCCC1. The van der Waals surface area contributed by atoms with E-state index in [1.165, 1.54) is 44.2 Å². The quantitative estimate of drug-likeness (QED) is 0.849. The van der Waals surface area contributed by atoms with Gasteiger partial charge < -0.3 is 10.2 Å². The van der Waals surface area contributed by atoms with Crippen molar-refractivity contribution in [3.63, 3.8) is 0 Å². The number of nitrogens with zero attached hydrogens (tertiary/aromatic N) is 2. The molecule has 1 heterocycles. The molecule has 0 unspecified atom stereocenters.